The lowest BCUT2D eigenvalue weighted by Gasteiger charge is -2.25. The maximum absolute atomic E-state index is 11.8. The van der Waals surface area contributed by atoms with Crippen molar-refractivity contribution in [1.29, 1.82) is 0 Å². The molecule has 1 aromatic heterocycles. The van der Waals surface area contributed by atoms with Crippen LogP contribution in [0.4, 0.5) is 0 Å². The molecule has 1 aliphatic rings. The number of nitrogens with zero attached hydrogens (tertiary/aromatic N) is 2. The zero-order valence-corrected chi connectivity index (χ0v) is 12.1. The molecule has 122 valence electrons. The van der Waals surface area contributed by atoms with Crippen molar-refractivity contribution < 1.29 is 25.2 Å². The lowest BCUT2D eigenvalue weighted by Crippen LogP contribution is -2.32. The van der Waals surface area contributed by atoms with Gasteiger partial charge in [-0.1, -0.05) is 0 Å². The highest BCUT2D eigenvalue weighted by Crippen LogP contribution is 2.24. The van der Waals surface area contributed by atoms with Gasteiger partial charge in [-0.15, -0.1) is 0 Å². The Morgan fingerprint density at radius 3 is 2.41 bits per heavy atom. The summed E-state index contributed by atoms with van der Waals surface area (Å²) in [4.78, 5) is 25.2. The number of aromatic hydroxyl groups is 1. The van der Waals surface area contributed by atoms with Gasteiger partial charge in [0.25, 0.3) is 0 Å². The fourth-order valence-corrected chi connectivity index (χ4v) is 2.80. The van der Waals surface area contributed by atoms with Gasteiger partial charge in [0.1, 0.15) is 0 Å². The van der Waals surface area contributed by atoms with Gasteiger partial charge in [0.05, 0.1) is 18.9 Å². The third-order valence-corrected chi connectivity index (χ3v) is 3.91. The fraction of sp³-hybridized carbons (Fsp3) is 0.571. The Morgan fingerprint density at radius 1 is 1.27 bits per heavy atom. The minimum absolute atomic E-state index is 0.0541. The van der Waals surface area contributed by atoms with Crippen LogP contribution in [0.5, 0.6) is 5.75 Å². The van der Waals surface area contributed by atoms with Crippen LogP contribution in [0.25, 0.3) is 0 Å². The number of pyridine rings is 1. The van der Waals surface area contributed by atoms with E-state index in [1.165, 1.54) is 0 Å². The molecule has 0 aromatic carbocycles. The number of aliphatic hydroxyl groups is 2. The molecule has 0 spiro atoms. The molecule has 1 saturated heterocycles. The van der Waals surface area contributed by atoms with Gasteiger partial charge in [0.2, 0.25) is 5.43 Å². The third-order valence-electron chi connectivity index (χ3n) is 3.91. The van der Waals surface area contributed by atoms with Gasteiger partial charge in [-0.05, 0) is 25.9 Å². The van der Waals surface area contributed by atoms with Crippen molar-refractivity contribution in [1.82, 2.24) is 9.47 Å². The predicted octanol–water partition coefficient (Wildman–Crippen LogP) is -0.740. The molecule has 0 amide bonds. The monoisotopic (exact) mass is 312 g/mol. The molecule has 22 heavy (non-hydrogen) atoms. The zero-order chi connectivity index (χ0) is 16.3. The second kappa shape index (κ2) is 6.91. The SMILES string of the molecule is O=C(O)C(CO)n1c(CO)cc(=O)c(O)c1CN1CCCC1. The quantitative estimate of drug-likeness (QED) is 0.545. The highest BCUT2D eigenvalue weighted by atomic mass is 16.4. The number of aliphatic hydroxyl groups excluding tert-OH is 2. The first-order valence-electron chi connectivity index (χ1n) is 7.12. The molecule has 1 atom stereocenters. The van der Waals surface area contributed by atoms with Crippen LogP contribution in [0, 0.1) is 0 Å². The van der Waals surface area contributed by atoms with Crippen molar-refractivity contribution in [3.05, 3.63) is 27.7 Å². The minimum atomic E-state index is -1.37. The van der Waals surface area contributed by atoms with E-state index in [2.05, 4.69) is 0 Å². The second-order valence-corrected chi connectivity index (χ2v) is 5.34. The summed E-state index contributed by atoms with van der Waals surface area (Å²) < 4.78 is 1.15. The molecule has 1 fully saturated rings. The highest BCUT2D eigenvalue weighted by Gasteiger charge is 2.27. The zero-order valence-electron chi connectivity index (χ0n) is 12.1. The molecule has 8 nitrogen and oxygen atoms in total. The lowest BCUT2D eigenvalue weighted by atomic mass is 10.1. The molecule has 0 saturated carbocycles. The van der Waals surface area contributed by atoms with Crippen LogP contribution in [-0.4, -0.2) is 55.6 Å². The van der Waals surface area contributed by atoms with E-state index in [9.17, 15) is 30.0 Å². The first-order chi connectivity index (χ1) is 10.5. The normalized spacial score (nSPS) is 16.8. The van der Waals surface area contributed by atoms with Crippen molar-refractivity contribution in [2.75, 3.05) is 19.7 Å². The first-order valence-corrected chi connectivity index (χ1v) is 7.12. The van der Waals surface area contributed by atoms with Crippen LogP contribution in [0.2, 0.25) is 0 Å². The second-order valence-electron chi connectivity index (χ2n) is 5.34. The van der Waals surface area contributed by atoms with Crippen molar-refractivity contribution in [3.63, 3.8) is 0 Å². The number of aliphatic carboxylic acids is 1. The molecule has 2 heterocycles. The van der Waals surface area contributed by atoms with Crippen LogP contribution in [0.3, 0.4) is 0 Å². The van der Waals surface area contributed by atoms with Gasteiger partial charge in [-0.2, -0.15) is 0 Å². The molecule has 1 aliphatic heterocycles. The van der Waals surface area contributed by atoms with E-state index in [1.54, 1.807) is 0 Å². The van der Waals surface area contributed by atoms with Crippen molar-refractivity contribution in [3.8, 4) is 5.75 Å². The predicted molar refractivity (Wildman–Crippen MR) is 76.6 cm³/mol. The molecule has 4 N–H and O–H groups in total. The van der Waals surface area contributed by atoms with E-state index >= 15 is 0 Å². The molecular weight excluding hydrogens is 292 g/mol. The summed E-state index contributed by atoms with van der Waals surface area (Å²) in [6, 6.07) is -0.375. The highest BCUT2D eigenvalue weighted by molar-refractivity contribution is 5.72. The number of carboxylic acids is 1. The number of carboxylic acid groups (broad SMARTS) is 1. The van der Waals surface area contributed by atoms with Crippen molar-refractivity contribution in [2.45, 2.75) is 32.0 Å². The minimum Gasteiger partial charge on any atom is -0.503 e. The Hall–Kier alpha value is -1.90. The average molecular weight is 312 g/mol. The Bertz CT molecular complexity index is 606. The van der Waals surface area contributed by atoms with E-state index in [0.29, 0.717) is 0 Å². The van der Waals surface area contributed by atoms with Crippen molar-refractivity contribution >= 4 is 5.97 Å². The summed E-state index contributed by atoms with van der Waals surface area (Å²) in [5, 5.41) is 38.1. The van der Waals surface area contributed by atoms with Gasteiger partial charge in [-0.25, -0.2) is 4.79 Å². The molecule has 0 bridgehead atoms. The van der Waals surface area contributed by atoms with Gasteiger partial charge in [0.15, 0.2) is 11.8 Å². The Kier molecular flexibility index (Phi) is 5.17. The summed E-state index contributed by atoms with van der Waals surface area (Å²) in [5.74, 6) is -1.84. The molecule has 0 radical (unpaired) electrons. The molecular formula is C14H20N2O6. The van der Waals surface area contributed by atoms with E-state index < -0.39 is 36.4 Å². The van der Waals surface area contributed by atoms with E-state index in [1.807, 2.05) is 4.90 Å². The largest absolute Gasteiger partial charge is 0.503 e. The fourth-order valence-electron chi connectivity index (χ4n) is 2.80. The number of carbonyl (C=O) groups is 1. The van der Waals surface area contributed by atoms with E-state index in [0.717, 1.165) is 36.6 Å². The average Bonchev–Trinajstić information content (AvgIpc) is 2.99. The summed E-state index contributed by atoms with van der Waals surface area (Å²) in [6.07, 6.45) is 1.99. The lowest BCUT2D eigenvalue weighted by molar-refractivity contribution is -0.142. The summed E-state index contributed by atoms with van der Waals surface area (Å²) >= 11 is 0. The van der Waals surface area contributed by atoms with Crippen LogP contribution in [0.15, 0.2) is 10.9 Å². The Balaban J connectivity index is 2.57. The van der Waals surface area contributed by atoms with Crippen molar-refractivity contribution in [2.24, 2.45) is 0 Å². The summed E-state index contributed by atoms with van der Waals surface area (Å²) in [7, 11) is 0. The summed E-state index contributed by atoms with van der Waals surface area (Å²) in [6.45, 7) is 0.490. The van der Waals surface area contributed by atoms with Crippen LogP contribution < -0.4 is 5.43 Å². The van der Waals surface area contributed by atoms with Gasteiger partial charge in [-0.3, -0.25) is 9.69 Å². The first kappa shape index (κ1) is 16.5. The van der Waals surface area contributed by atoms with Crippen LogP contribution >= 0.6 is 0 Å². The molecule has 0 aliphatic carbocycles. The van der Waals surface area contributed by atoms with E-state index in [4.69, 9.17) is 0 Å². The Labute approximate surface area is 126 Å². The molecule has 2 rings (SSSR count). The van der Waals surface area contributed by atoms with Gasteiger partial charge in [0, 0.05) is 18.3 Å². The molecule has 1 unspecified atom stereocenters. The van der Waals surface area contributed by atoms with Gasteiger partial charge >= 0.3 is 5.97 Å². The van der Waals surface area contributed by atoms with Gasteiger partial charge < -0.3 is 25.0 Å². The van der Waals surface area contributed by atoms with E-state index in [-0.39, 0.29) is 17.9 Å². The standard InChI is InChI=1S/C14H20N2O6/c17-7-9-5-12(19)13(20)10(6-15-3-1-2-4-15)16(9)11(8-18)14(21)22/h5,11,17-18,20H,1-4,6-8H2,(H,21,22). The maximum Gasteiger partial charge on any atom is 0.329 e. The molecule has 8 heteroatoms. The third kappa shape index (κ3) is 3.13. The smallest absolute Gasteiger partial charge is 0.329 e. The number of hydrogen-bond donors (Lipinski definition) is 4. The molecule has 1 aromatic rings. The number of rotatable bonds is 6. The topological polar surface area (TPSA) is 123 Å². The Morgan fingerprint density at radius 2 is 1.91 bits per heavy atom. The summed E-state index contributed by atoms with van der Waals surface area (Å²) in [5.41, 5.74) is -0.505. The number of likely N-dealkylation sites (tertiary alicyclic amines) is 1. The maximum atomic E-state index is 11.8. The van der Waals surface area contributed by atoms with Crippen LogP contribution in [0.1, 0.15) is 30.3 Å². The number of aromatic nitrogens is 1. The van der Waals surface area contributed by atoms with Crippen LogP contribution in [-0.2, 0) is 17.9 Å². The number of hydrogen-bond acceptors (Lipinski definition) is 6.